The Morgan fingerprint density at radius 1 is 1.11 bits per heavy atom. The molecular weight excluding hydrogens is 452 g/mol. The van der Waals surface area contributed by atoms with Crippen LogP contribution in [0.15, 0.2) is 36.4 Å². The van der Waals surface area contributed by atoms with Gasteiger partial charge in [-0.25, -0.2) is 4.79 Å². The molecule has 0 radical (unpaired) electrons. The maximum Gasteiger partial charge on any atom is 0.339 e. The zero-order valence-corrected chi connectivity index (χ0v) is 20.2. The number of aliphatic carboxylic acids is 1. The van der Waals surface area contributed by atoms with Crippen molar-refractivity contribution in [2.24, 2.45) is 0 Å². The van der Waals surface area contributed by atoms with Gasteiger partial charge in [0.1, 0.15) is 18.3 Å². The second kappa shape index (κ2) is 11.7. The van der Waals surface area contributed by atoms with Gasteiger partial charge >= 0.3 is 11.9 Å². The minimum atomic E-state index is -1.13. The minimum absolute atomic E-state index is 0.0221. The first-order chi connectivity index (χ1) is 16.7. The van der Waals surface area contributed by atoms with Gasteiger partial charge in [0.15, 0.2) is 11.5 Å². The van der Waals surface area contributed by atoms with Gasteiger partial charge in [-0.2, -0.15) is 0 Å². The zero-order chi connectivity index (χ0) is 25.5. The van der Waals surface area contributed by atoms with Crippen LogP contribution in [-0.2, 0) is 17.9 Å². The highest BCUT2D eigenvalue weighted by Gasteiger charge is 2.29. The lowest BCUT2D eigenvalue weighted by Gasteiger charge is -2.28. The lowest BCUT2D eigenvalue weighted by Crippen LogP contribution is -2.33. The fourth-order valence-corrected chi connectivity index (χ4v) is 3.94. The lowest BCUT2D eigenvalue weighted by atomic mass is 10.0. The smallest absolute Gasteiger partial charge is 0.339 e. The number of rotatable bonds is 11. The van der Waals surface area contributed by atoms with E-state index in [1.807, 2.05) is 44.0 Å². The third-order valence-corrected chi connectivity index (χ3v) is 5.94. The summed E-state index contributed by atoms with van der Waals surface area (Å²) in [6, 6.07) is 10.8. The normalized spacial score (nSPS) is 15.5. The van der Waals surface area contributed by atoms with E-state index >= 15 is 0 Å². The van der Waals surface area contributed by atoms with Gasteiger partial charge in [0.25, 0.3) is 5.91 Å². The summed E-state index contributed by atoms with van der Waals surface area (Å²) in [5.74, 6) is -1.74. The van der Waals surface area contributed by atoms with Crippen LogP contribution in [0.5, 0.6) is 11.5 Å². The maximum atomic E-state index is 12.7. The number of hydrogen-bond acceptors (Lipinski definition) is 6. The molecule has 0 saturated heterocycles. The number of hydrogen-bond donors (Lipinski definition) is 3. The maximum absolute atomic E-state index is 12.7. The van der Waals surface area contributed by atoms with Crippen LogP contribution in [-0.4, -0.2) is 58.8 Å². The van der Waals surface area contributed by atoms with E-state index in [1.54, 1.807) is 18.2 Å². The fourth-order valence-electron chi connectivity index (χ4n) is 3.94. The van der Waals surface area contributed by atoms with Crippen molar-refractivity contribution in [3.63, 3.8) is 0 Å². The molecule has 2 aromatic rings. The number of carbonyl (C=O) groups is 3. The standard InChI is InChI=1S/C26H32N2O7/c1-4-16(2)27-25(31)20-8-6-5-7-17(20)13-28(3)14-18-9-11-21-24(23(18)26(32)33)34-15-19(35-21)10-12-22(29)30/h5-9,11,16,19H,4,10,12-15H2,1-3H3,(H,27,31)(H,29,30)(H,32,33)/t16-,19-/m0/s1. The first-order valence-corrected chi connectivity index (χ1v) is 11.7. The zero-order valence-electron chi connectivity index (χ0n) is 20.2. The number of carbonyl (C=O) groups excluding carboxylic acids is 1. The largest absolute Gasteiger partial charge is 0.485 e. The van der Waals surface area contributed by atoms with Gasteiger partial charge in [0, 0.05) is 31.1 Å². The monoisotopic (exact) mass is 484 g/mol. The van der Waals surface area contributed by atoms with Crippen molar-refractivity contribution in [3.05, 3.63) is 58.7 Å². The molecule has 0 aliphatic carbocycles. The van der Waals surface area contributed by atoms with Crippen LogP contribution in [0.3, 0.4) is 0 Å². The number of nitrogens with zero attached hydrogens (tertiary/aromatic N) is 1. The topological polar surface area (TPSA) is 125 Å². The number of nitrogens with one attached hydrogen (secondary N) is 1. The van der Waals surface area contributed by atoms with Crippen molar-refractivity contribution in [3.8, 4) is 11.5 Å². The summed E-state index contributed by atoms with van der Waals surface area (Å²) in [6.45, 7) is 4.79. The van der Waals surface area contributed by atoms with Gasteiger partial charge in [-0.05, 0) is 50.1 Å². The first-order valence-electron chi connectivity index (χ1n) is 11.7. The van der Waals surface area contributed by atoms with Gasteiger partial charge in [-0.1, -0.05) is 31.2 Å². The number of aromatic carboxylic acids is 1. The Balaban J connectivity index is 1.76. The minimum Gasteiger partial charge on any atom is -0.485 e. The van der Waals surface area contributed by atoms with Crippen LogP contribution >= 0.6 is 0 Å². The first kappa shape index (κ1) is 26.0. The Hall–Kier alpha value is -3.59. The van der Waals surface area contributed by atoms with Gasteiger partial charge in [0.2, 0.25) is 0 Å². The molecule has 2 atom stereocenters. The second-order valence-corrected chi connectivity index (χ2v) is 8.83. The molecule has 1 heterocycles. The molecule has 0 unspecified atom stereocenters. The summed E-state index contributed by atoms with van der Waals surface area (Å²) >= 11 is 0. The number of benzene rings is 2. The van der Waals surface area contributed by atoms with E-state index in [2.05, 4.69) is 5.32 Å². The lowest BCUT2D eigenvalue weighted by molar-refractivity contribution is -0.137. The third kappa shape index (κ3) is 6.73. The summed E-state index contributed by atoms with van der Waals surface area (Å²) in [5, 5.41) is 21.8. The van der Waals surface area contributed by atoms with Gasteiger partial charge in [-0.15, -0.1) is 0 Å². The number of amides is 1. The molecule has 3 N–H and O–H groups in total. The van der Waals surface area contributed by atoms with Crippen LogP contribution in [0.2, 0.25) is 0 Å². The number of fused-ring (bicyclic) bond motifs is 1. The van der Waals surface area contributed by atoms with E-state index in [0.717, 1.165) is 12.0 Å². The predicted octanol–water partition coefficient (Wildman–Crippen LogP) is 3.55. The molecule has 35 heavy (non-hydrogen) atoms. The fraction of sp³-hybridized carbons (Fsp3) is 0.423. The van der Waals surface area contributed by atoms with Gasteiger partial charge in [-0.3, -0.25) is 14.5 Å². The molecular formula is C26H32N2O7. The molecule has 188 valence electrons. The van der Waals surface area contributed by atoms with Crippen molar-refractivity contribution >= 4 is 17.8 Å². The highest BCUT2D eigenvalue weighted by molar-refractivity contribution is 5.96. The van der Waals surface area contributed by atoms with Crippen molar-refractivity contribution in [2.45, 2.75) is 58.3 Å². The van der Waals surface area contributed by atoms with E-state index in [9.17, 15) is 19.5 Å². The predicted molar refractivity (Wildman–Crippen MR) is 129 cm³/mol. The van der Waals surface area contributed by atoms with Gasteiger partial charge in [0.05, 0.1) is 0 Å². The second-order valence-electron chi connectivity index (χ2n) is 8.83. The summed E-state index contributed by atoms with van der Waals surface area (Å²) < 4.78 is 11.5. The Kier molecular flexibility index (Phi) is 8.70. The molecule has 1 amide bonds. The van der Waals surface area contributed by atoms with Crippen molar-refractivity contribution in [1.82, 2.24) is 10.2 Å². The van der Waals surface area contributed by atoms with Crippen LogP contribution < -0.4 is 14.8 Å². The van der Waals surface area contributed by atoms with E-state index < -0.39 is 18.0 Å². The number of carboxylic acids is 2. The van der Waals surface area contributed by atoms with E-state index in [1.165, 1.54) is 0 Å². The molecule has 0 aromatic heterocycles. The van der Waals surface area contributed by atoms with Crippen LogP contribution in [0.25, 0.3) is 0 Å². The summed E-state index contributed by atoms with van der Waals surface area (Å²) in [6.07, 6.45) is 0.586. The average molecular weight is 485 g/mol. The summed E-state index contributed by atoms with van der Waals surface area (Å²) in [4.78, 5) is 37.6. The number of carboxylic acid groups (broad SMARTS) is 2. The van der Waals surface area contributed by atoms with Crippen molar-refractivity contribution in [1.29, 1.82) is 0 Å². The summed E-state index contributed by atoms with van der Waals surface area (Å²) in [5.41, 5.74) is 2.00. The summed E-state index contributed by atoms with van der Waals surface area (Å²) in [7, 11) is 1.85. The SMILES string of the molecule is CC[C@H](C)NC(=O)c1ccccc1CN(C)Cc1ccc2c(c1C(=O)O)OC[C@H](CCC(=O)O)O2. The Morgan fingerprint density at radius 3 is 2.51 bits per heavy atom. The Labute approximate surface area is 204 Å². The van der Waals surface area contributed by atoms with E-state index in [-0.39, 0.29) is 42.7 Å². The molecule has 1 aliphatic heterocycles. The molecule has 9 nitrogen and oxygen atoms in total. The van der Waals surface area contributed by atoms with Crippen LogP contribution in [0, 0.1) is 0 Å². The molecule has 9 heteroatoms. The quantitative estimate of drug-likeness (QED) is 0.442. The van der Waals surface area contributed by atoms with E-state index in [0.29, 0.717) is 30.0 Å². The highest BCUT2D eigenvalue weighted by atomic mass is 16.6. The molecule has 3 rings (SSSR count). The number of ether oxygens (including phenoxy) is 2. The molecule has 0 fully saturated rings. The van der Waals surface area contributed by atoms with Crippen LogP contribution in [0.1, 0.15) is 65.0 Å². The molecule has 0 spiro atoms. The Bertz CT molecular complexity index is 1090. The van der Waals surface area contributed by atoms with Gasteiger partial charge < -0.3 is 25.0 Å². The van der Waals surface area contributed by atoms with E-state index in [4.69, 9.17) is 14.6 Å². The average Bonchev–Trinajstić information content (AvgIpc) is 2.82. The molecule has 1 aliphatic rings. The van der Waals surface area contributed by atoms with Crippen molar-refractivity contribution < 1.29 is 34.1 Å². The molecule has 0 saturated carbocycles. The molecule has 2 aromatic carbocycles. The molecule has 0 bridgehead atoms. The third-order valence-electron chi connectivity index (χ3n) is 5.94. The Morgan fingerprint density at radius 2 is 1.83 bits per heavy atom. The highest BCUT2D eigenvalue weighted by Crippen LogP contribution is 2.38. The van der Waals surface area contributed by atoms with Crippen LogP contribution in [0.4, 0.5) is 0 Å². The van der Waals surface area contributed by atoms with Crippen molar-refractivity contribution in [2.75, 3.05) is 13.7 Å².